The van der Waals surface area contributed by atoms with Crippen LogP contribution in [-0.2, 0) is 19.6 Å². The molecule has 1 atom stereocenters. The summed E-state index contributed by atoms with van der Waals surface area (Å²) in [4.78, 5) is 36.8. The number of benzene rings is 1. The standard InChI is InChI=1S/C18H24N4O6S/c1-2-28-13-3-5-14(6-4-13)29(26,27)22-11-9-21(10-12-22)16(23)8-7-15-17(24)20-18(25)19-15/h3-6,15H,2,7-12H2,1H3,(H2,19,20,24,25)/t15-/m1/s1. The van der Waals surface area contributed by atoms with Gasteiger partial charge in [0.2, 0.25) is 15.9 Å². The lowest BCUT2D eigenvalue weighted by Crippen LogP contribution is -2.50. The molecule has 0 spiro atoms. The van der Waals surface area contributed by atoms with Crippen molar-refractivity contribution in [2.24, 2.45) is 0 Å². The van der Waals surface area contributed by atoms with Crippen molar-refractivity contribution in [2.45, 2.75) is 30.7 Å². The van der Waals surface area contributed by atoms with E-state index in [1.807, 2.05) is 6.92 Å². The largest absolute Gasteiger partial charge is 0.494 e. The highest BCUT2D eigenvalue weighted by Gasteiger charge is 2.32. The van der Waals surface area contributed by atoms with Crippen LogP contribution in [0.1, 0.15) is 19.8 Å². The monoisotopic (exact) mass is 424 g/mol. The summed E-state index contributed by atoms with van der Waals surface area (Å²) < 4.78 is 32.3. The van der Waals surface area contributed by atoms with Gasteiger partial charge in [0.25, 0.3) is 5.91 Å². The highest BCUT2D eigenvalue weighted by Crippen LogP contribution is 2.21. The zero-order valence-electron chi connectivity index (χ0n) is 16.1. The Morgan fingerprint density at radius 2 is 1.79 bits per heavy atom. The quantitative estimate of drug-likeness (QED) is 0.589. The highest BCUT2D eigenvalue weighted by molar-refractivity contribution is 7.89. The molecule has 1 aromatic rings. The highest BCUT2D eigenvalue weighted by atomic mass is 32.2. The van der Waals surface area contributed by atoms with E-state index in [4.69, 9.17) is 4.74 Å². The molecule has 0 aromatic heterocycles. The van der Waals surface area contributed by atoms with Crippen molar-refractivity contribution in [3.63, 3.8) is 0 Å². The minimum absolute atomic E-state index is 0.101. The summed E-state index contributed by atoms with van der Waals surface area (Å²) in [5, 5.41) is 4.58. The van der Waals surface area contributed by atoms with Gasteiger partial charge in [0.1, 0.15) is 11.8 Å². The molecule has 0 radical (unpaired) electrons. The van der Waals surface area contributed by atoms with Crippen molar-refractivity contribution in [3.8, 4) is 5.75 Å². The van der Waals surface area contributed by atoms with Gasteiger partial charge in [-0.15, -0.1) is 0 Å². The van der Waals surface area contributed by atoms with Crippen LogP contribution >= 0.6 is 0 Å². The number of rotatable bonds is 7. The van der Waals surface area contributed by atoms with Crippen LogP contribution in [0.4, 0.5) is 4.79 Å². The Kier molecular flexibility index (Phi) is 6.38. The van der Waals surface area contributed by atoms with Gasteiger partial charge in [-0.25, -0.2) is 13.2 Å². The first-order valence-electron chi connectivity index (χ1n) is 9.43. The Bertz CT molecular complexity index is 878. The second kappa shape index (κ2) is 8.78. The van der Waals surface area contributed by atoms with Crippen LogP contribution in [0.5, 0.6) is 5.75 Å². The molecule has 3 rings (SSSR count). The molecule has 4 amide bonds. The fourth-order valence-electron chi connectivity index (χ4n) is 3.29. The zero-order valence-corrected chi connectivity index (χ0v) is 16.9. The number of urea groups is 1. The Labute approximate surface area is 169 Å². The van der Waals surface area contributed by atoms with E-state index in [1.54, 1.807) is 17.0 Å². The van der Waals surface area contributed by atoms with E-state index in [9.17, 15) is 22.8 Å². The number of carbonyl (C=O) groups is 3. The minimum Gasteiger partial charge on any atom is -0.494 e. The van der Waals surface area contributed by atoms with Gasteiger partial charge in [-0.3, -0.25) is 14.9 Å². The molecule has 2 heterocycles. The van der Waals surface area contributed by atoms with E-state index in [1.165, 1.54) is 16.4 Å². The van der Waals surface area contributed by atoms with Crippen molar-refractivity contribution in [1.82, 2.24) is 19.8 Å². The average Bonchev–Trinajstić information content (AvgIpc) is 3.04. The molecule has 0 aliphatic carbocycles. The van der Waals surface area contributed by atoms with Gasteiger partial charge < -0.3 is 15.0 Å². The number of imide groups is 1. The molecular weight excluding hydrogens is 400 g/mol. The summed E-state index contributed by atoms with van der Waals surface area (Å²) in [5.41, 5.74) is 0. The molecule has 2 aliphatic heterocycles. The van der Waals surface area contributed by atoms with E-state index >= 15 is 0 Å². The second-order valence-electron chi connectivity index (χ2n) is 6.74. The Morgan fingerprint density at radius 1 is 1.14 bits per heavy atom. The molecule has 0 bridgehead atoms. The number of sulfonamides is 1. The fraction of sp³-hybridized carbons (Fsp3) is 0.500. The van der Waals surface area contributed by atoms with Crippen LogP contribution in [0, 0.1) is 0 Å². The Morgan fingerprint density at radius 3 is 2.34 bits per heavy atom. The molecule has 2 N–H and O–H groups in total. The minimum atomic E-state index is -3.64. The summed E-state index contributed by atoms with van der Waals surface area (Å²) in [7, 11) is -3.64. The smallest absolute Gasteiger partial charge is 0.322 e. The predicted molar refractivity (Wildman–Crippen MR) is 103 cm³/mol. The Balaban J connectivity index is 1.52. The maximum Gasteiger partial charge on any atom is 0.322 e. The molecule has 11 heteroatoms. The van der Waals surface area contributed by atoms with E-state index in [-0.39, 0.29) is 49.8 Å². The van der Waals surface area contributed by atoms with E-state index in [2.05, 4.69) is 10.6 Å². The van der Waals surface area contributed by atoms with Crippen LogP contribution in [0.15, 0.2) is 29.2 Å². The van der Waals surface area contributed by atoms with Crippen LogP contribution in [0.2, 0.25) is 0 Å². The van der Waals surface area contributed by atoms with Gasteiger partial charge >= 0.3 is 6.03 Å². The van der Waals surface area contributed by atoms with E-state index in [0.717, 1.165) is 0 Å². The molecule has 1 aromatic carbocycles. The molecule has 158 valence electrons. The van der Waals surface area contributed by atoms with Crippen LogP contribution in [0.3, 0.4) is 0 Å². The molecule has 2 saturated heterocycles. The first-order valence-corrected chi connectivity index (χ1v) is 10.9. The number of piperazine rings is 1. The number of carbonyl (C=O) groups excluding carboxylic acids is 3. The first kappa shape index (κ1) is 21.1. The van der Waals surface area contributed by atoms with Crippen molar-refractivity contribution < 1.29 is 27.5 Å². The average molecular weight is 424 g/mol. The summed E-state index contributed by atoms with van der Waals surface area (Å²) in [6.07, 6.45) is 0.311. The van der Waals surface area contributed by atoms with Gasteiger partial charge in [-0.05, 0) is 37.6 Å². The maximum absolute atomic E-state index is 12.8. The number of hydrogen-bond acceptors (Lipinski definition) is 6. The van der Waals surface area contributed by atoms with Crippen LogP contribution in [-0.4, -0.2) is 74.3 Å². The number of nitrogens with one attached hydrogen (secondary N) is 2. The topological polar surface area (TPSA) is 125 Å². The first-order chi connectivity index (χ1) is 13.8. The van der Waals surface area contributed by atoms with Gasteiger partial charge in [0.15, 0.2) is 0 Å². The molecule has 2 fully saturated rings. The SMILES string of the molecule is CCOc1ccc(S(=O)(=O)N2CCN(C(=O)CC[C@H]3NC(=O)NC3=O)CC2)cc1. The maximum atomic E-state index is 12.8. The Hall–Kier alpha value is -2.66. The number of ether oxygens (including phenoxy) is 1. The lowest BCUT2D eigenvalue weighted by atomic mass is 10.1. The molecule has 10 nitrogen and oxygen atoms in total. The van der Waals surface area contributed by atoms with E-state index in [0.29, 0.717) is 12.4 Å². The third kappa shape index (κ3) is 4.85. The fourth-order valence-corrected chi connectivity index (χ4v) is 4.71. The third-order valence-corrected chi connectivity index (χ3v) is 6.78. The van der Waals surface area contributed by atoms with Crippen molar-refractivity contribution in [1.29, 1.82) is 0 Å². The number of hydrogen-bond donors (Lipinski definition) is 2. The molecule has 2 aliphatic rings. The summed E-state index contributed by atoms with van der Waals surface area (Å²) in [5.74, 6) is 0.000123. The summed E-state index contributed by atoms with van der Waals surface area (Å²) in [6, 6.07) is 5.01. The zero-order chi connectivity index (χ0) is 21.0. The normalized spacial score (nSPS) is 20.3. The lowest BCUT2D eigenvalue weighted by Gasteiger charge is -2.34. The van der Waals surface area contributed by atoms with Gasteiger partial charge in [0.05, 0.1) is 11.5 Å². The van der Waals surface area contributed by atoms with Gasteiger partial charge in [0, 0.05) is 32.6 Å². The molecule has 0 saturated carbocycles. The third-order valence-electron chi connectivity index (χ3n) is 4.87. The second-order valence-corrected chi connectivity index (χ2v) is 8.68. The van der Waals surface area contributed by atoms with Crippen molar-refractivity contribution >= 4 is 27.9 Å². The molecule has 29 heavy (non-hydrogen) atoms. The van der Waals surface area contributed by atoms with Crippen LogP contribution in [0.25, 0.3) is 0 Å². The number of nitrogens with zero attached hydrogens (tertiary/aromatic N) is 2. The van der Waals surface area contributed by atoms with Gasteiger partial charge in [-0.1, -0.05) is 0 Å². The lowest BCUT2D eigenvalue weighted by molar-refractivity contribution is -0.132. The van der Waals surface area contributed by atoms with Crippen LogP contribution < -0.4 is 15.4 Å². The van der Waals surface area contributed by atoms with Crippen molar-refractivity contribution in [2.75, 3.05) is 32.8 Å². The molecular formula is C18H24N4O6S. The molecule has 0 unspecified atom stereocenters. The summed E-state index contributed by atoms with van der Waals surface area (Å²) in [6.45, 7) is 3.30. The van der Waals surface area contributed by atoms with Crippen molar-refractivity contribution in [3.05, 3.63) is 24.3 Å². The summed E-state index contributed by atoms with van der Waals surface area (Å²) >= 11 is 0. The number of amides is 4. The predicted octanol–water partition coefficient (Wildman–Crippen LogP) is -0.0936. The van der Waals surface area contributed by atoms with Gasteiger partial charge in [-0.2, -0.15) is 4.31 Å². The van der Waals surface area contributed by atoms with E-state index < -0.39 is 28.0 Å².